The Morgan fingerprint density at radius 1 is 1.56 bits per heavy atom. The van der Waals surface area contributed by atoms with E-state index in [9.17, 15) is 4.79 Å². The van der Waals surface area contributed by atoms with E-state index < -0.39 is 0 Å². The lowest BCUT2D eigenvalue weighted by atomic mass is 9.88. The summed E-state index contributed by atoms with van der Waals surface area (Å²) < 4.78 is 2.33. The molecule has 1 rings (SSSR count). The molecule has 0 fully saturated rings. The Labute approximate surface area is 105 Å². The van der Waals surface area contributed by atoms with Gasteiger partial charge in [-0.2, -0.15) is 5.10 Å². The third-order valence-electron chi connectivity index (χ3n) is 2.65. The number of nitrogens with one attached hydrogen (secondary N) is 1. The fraction of sp³-hybridized carbons (Fsp3) is 0.636. The molecule has 1 aromatic heterocycles. The van der Waals surface area contributed by atoms with Gasteiger partial charge in [0.05, 0.1) is 4.47 Å². The highest BCUT2D eigenvalue weighted by Gasteiger charge is 2.24. The van der Waals surface area contributed by atoms with Crippen LogP contribution in [-0.4, -0.2) is 21.7 Å². The second-order valence-corrected chi connectivity index (χ2v) is 5.91. The molecular formula is C11H18BrN3O. The van der Waals surface area contributed by atoms with Crippen molar-refractivity contribution in [1.29, 1.82) is 0 Å². The summed E-state index contributed by atoms with van der Waals surface area (Å²) in [5, 5.41) is 7.05. The number of nitrogens with zero attached hydrogens (tertiary/aromatic N) is 2. The van der Waals surface area contributed by atoms with Gasteiger partial charge in [0.1, 0.15) is 0 Å². The number of aromatic nitrogens is 2. The van der Waals surface area contributed by atoms with Crippen molar-refractivity contribution in [2.24, 2.45) is 12.5 Å². The molecule has 1 amide bonds. The zero-order valence-corrected chi connectivity index (χ0v) is 11.9. The average molecular weight is 288 g/mol. The SMILES string of the molecule is C[C@@H](NC(=O)c1nn(C)cc1Br)C(C)(C)C. The van der Waals surface area contributed by atoms with Crippen molar-refractivity contribution in [3.8, 4) is 0 Å². The van der Waals surface area contributed by atoms with Crippen LogP contribution in [-0.2, 0) is 7.05 Å². The van der Waals surface area contributed by atoms with Gasteiger partial charge in [0.15, 0.2) is 5.69 Å². The van der Waals surface area contributed by atoms with Gasteiger partial charge in [-0.15, -0.1) is 0 Å². The van der Waals surface area contributed by atoms with Gasteiger partial charge in [0, 0.05) is 19.3 Å². The van der Waals surface area contributed by atoms with Gasteiger partial charge in [-0.3, -0.25) is 9.48 Å². The number of aryl methyl sites for hydroxylation is 1. The van der Waals surface area contributed by atoms with E-state index in [0.717, 1.165) is 0 Å². The van der Waals surface area contributed by atoms with E-state index in [-0.39, 0.29) is 17.4 Å². The Morgan fingerprint density at radius 2 is 2.12 bits per heavy atom. The molecule has 16 heavy (non-hydrogen) atoms. The molecule has 4 nitrogen and oxygen atoms in total. The lowest BCUT2D eigenvalue weighted by Crippen LogP contribution is -2.41. The second-order valence-electron chi connectivity index (χ2n) is 5.06. The maximum atomic E-state index is 11.9. The standard InChI is InChI=1S/C11H18BrN3O/c1-7(11(2,3)4)13-10(16)9-8(12)6-15(5)14-9/h6-7H,1-5H3,(H,13,16)/t7-/m1/s1. The molecule has 0 aliphatic rings. The van der Waals surface area contributed by atoms with Crippen LogP contribution < -0.4 is 5.32 Å². The van der Waals surface area contributed by atoms with E-state index in [1.807, 2.05) is 6.92 Å². The van der Waals surface area contributed by atoms with E-state index in [4.69, 9.17) is 0 Å². The number of hydrogen-bond acceptors (Lipinski definition) is 2. The quantitative estimate of drug-likeness (QED) is 0.908. The minimum atomic E-state index is -0.144. The van der Waals surface area contributed by atoms with E-state index in [2.05, 4.69) is 47.1 Å². The van der Waals surface area contributed by atoms with Gasteiger partial charge in [-0.05, 0) is 28.3 Å². The van der Waals surface area contributed by atoms with Gasteiger partial charge >= 0.3 is 0 Å². The largest absolute Gasteiger partial charge is 0.348 e. The van der Waals surface area contributed by atoms with Crippen molar-refractivity contribution in [2.75, 3.05) is 0 Å². The van der Waals surface area contributed by atoms with Crippen LogP contribution in [0.25, 0.3) is 0 Å². The Hall–Kier alpha value is -0.840. The molecule has 0 saturated heterocycles. The monoisotopic (exact) mass is 287 g/mol. The first kappa shape index (κ1) is 13.2. The summed E-state index contributed by atoms with van der Waals surface area (Å²) in [7, 11) is 1.79. The third-order valence-corrected chi connectivity index (χ3v) is 3.23. The zero-order valence-electron chi connectivity index (χ0n) is 10.3. The van der Waals surface area contributed by atoms with Crippen molar-refractivity contribution >= 4 is 21.8 Å². The second kappa shape index (κ2) is 4.57. The molecule has 0 bridgehead atoms. The van der Waals surface area contributed by atoms with Crippen LogP contribution in [0.5, 0.6) is 0 Å². The first-order chi connectivity index (χ1) is 7.21. The topological polar surface area (TPSA) is 46.9 Å². The maximum absolute atomic E-state index is 11.9. The third kappa shape index (κ3) is 3.07. The Bertz CT molecular complexity index is 392. The van der Waals surface area contributed by atoms with Crippen molar-refractivity contribution in [1.82, 2.24) is 15.1 Å². The van der Waals surface area contributed by atoms with E-state index in [0.29, 0.717) is 10.2 Å². The van der Waals surface area contributed by atoms with Gasteiger partial charge in [0.25, 0.3) is 5.91 Å². The van der Waals surface area contributed by atoms with Gasteiger partial charge in [-0.25, -0.2) is 0 Å². The molecule has 0 radical (unpaired) electrons. The number of halogens is 1. The first-order valence-corrected chi connectivity index (χ1v) is 6.01. The van der Waals surface area contributed by atoms with Crippen LogP contribution in [0.4, 0.5) is 0 Å². The number of amides is 1. The fourth-order valence-corrected chi connectivity index (χ4v) is 1.65. The fourth-order valence-electron chi connectivity index (χ4n) is 1.09. The summed E-state index contributed by atoms with van der Waals surface area (Å²) in [5.41, 5.74) is 0.468. The summed E-state index contributed by atoms with van der Waals surface area (Å²) in [6.45, 7) is 8.26. The van der Waals surface area contributed by atoms with Gasteiger partial charge < -0.3 is 5.32 Å². The summed E-state index contributed by atoms with van der Waals surface area (Å²) in [4.78, 5) is 11.9. The molecule has 0 unspecified atom stereocenters. The van der Waals surface area contributed by atoms with Crippen LogP contribution >= 0.6 is 15.9 Å². The molecule has 5 heteroatoms. The predicted molar refractivity (Wildman–Crippen MR) is 67.3 cm³/mol. The summed E-state index contributed by atoms with van der Waals surface area (Å²) in [6.07, 6.45) is 1.76. The molecule has 0 aliphatic heterocycles. The minimum absolute atomic E-state index is 0.0386. The first-order valence-electron chi connectivity index (χ1n) is 5.22. The zero-order chi connectivity index (χ0) is 12.5. The van der Waals surface area contributed by atoms with Gasteiger partial charge in [0.2, 0.25) is 0 Å². The highest BCUT2D eigenvalue weighted by atomic mass is 79.9. The lowest BCUT2D eigenvalue weighted by Gasteiger charge is -2.27. The van der Waals surface area contributed by atoms with Gasteiger partial charge in [-0.1, -0.05) is 20.8 Å². The smallest absolute Gasteiger partial charge is 0.273 e. The average Bonchev–Trinajstić information content (AvgIpc) is 2.43. The van der Waals surface area contributed by atoms with Crippen LogP contribution in [0.2, 0.25) is 0 Å². The normalized spacial score (nSPS) is 13.6. The highest BCUT2D eigenvalue weighted by Crippen LogP contribution is 2.20. The van der Waals surface area contributed by atoms with E-state index >= 15 is 0 Å². The lowest BCUT2D eigenvalue weighted by molar-refractivity contribution is 0.0903. The molecule has 1 N–H and O–H groups in total. The number of carbonyl (C=O) groups is 1. The number of hydrogen-bond donors (Lipinski definition) is 1. The maximum Gasteiger partial charge on any atom is 0.273 e. The molecule has 0 spiro atoms. The van der Waals surface area contributed by atoms with E-state index in [1.165, 1.54) is 0 Å². The molecular weight excluding hydrogens is 270 g/mol. The van der Waals surface area contributed by atoms with Crippen molar-refractivity contribution < 1.29 is 4.79 Å². The van der Waals surface area contributed by atoms with Crippen molar-refractivity contribution in [2.45, 2.75) is 33.7 Å². The highest BCUT2D eigenvalue weighted by molar-refractivity contribution is 9.10. The molecule has 1 aromatic rings. The molecule has 0 aliphatic carbocycles. The predicted octanol–water partition coefficient (Wildman–Crippen LogP) is 2.35. The number of carbonyl (C=O) groups excluding carboxylic acids is 1. The van der Waals surface area contributed by atoms with E-state index in [1.54, 1.807) is 17.9 Å². The minimum Gasteiger partial charge on any atom is -0.348 e. The summed E-state index contributed by atoms with van der Waals surface area (Å²) >= 11 is 3.31. The summed E-state index contributed by atoms with van der Waals surface area (Å²) in [5.74, 6) is -0.144. The molecule has 90 valence electrons. The van der Waals surface area contributed by atoms with Crippen LogP contribution in [0, 0.1) is 5.41 Å². The van der Waals surface area contributed by atoms with Crippen molar-refractivity contribution in [3.63, 3.8) is 0 Å². The van der Waals surface area contributed by atoms with Crippen LogP contribution in [0.3, 0.4) is 0 Å². The molecule has 0 saturated carbocycles. The Kier molecular flexibility index (Phi) is 3.78. The van der Waals surface area contributed by atoms with Crippen LogP contribution in [0.1, 0.15) is 38.2 Å². The summed E-state index contributed by atoms with van der Waals surface area (Å²) in [6, 6.07) is 0.0916. The molecule has 0 aromatic carbocycles. The Balaban J connectivity index is 2.77. The number of rotatable bonds is 2. The molecule has 1 heterocycles. The van der Waals surface area contributed by atoms with Crippen molar-refractivity contribution in [3.05, 3.63) is 16.4 Å². The van der Waals surface area contributed by atoms with Crippen LogP contribution in [0.15, 0.2) is 10.7 Å². The molecule has 1 atom stereocenters. The Morgan fingerprint density at radius 3 is 2.50 bits per heavy atom.